The van der Waals surface area contributed by atoms with Crippen LogP contribution in [0.3, 0.4) is 0 Å². The lowest BCUT2D eigenvalue weighted by Gasteiger charge is -2.04. The lowest BCUT2D eigenvalue weighted by Crippen LogP contribution is -2.00. The van der Waals surface area contributed by atoms with Gasteiger partial charge in [0.25, 0.3) is 0 Å². The first-order chi connectivity index (χ1) is 7.56. The molecule has 5 heteroatoms. The summed E-state index contributed by atoms with van der Waals surface area (Å²) in [6.45, 7) is 2.07. The molecule has 2 nitrogen and oxygen atoms in total. The number of aromatic nitrogens is 2. The Morgan fingerprint density at radius 1 is 1.19 bits per heavy atom. The second-order valence-corrected chi connectivity index (χ2v) is 3.56. The summed E-state index contributed by atoms with van der Waals surface area (Å²) in [5.41, 5.74) is 1.16. The normalized spacial score (nSPS) is 10.8. The molecule has 0 fully saturated rings. The summed E-state index contributed by atoms with van der Waals surface area (Å²) in [4.78, 5) is 3.98. The minimum Gasteiger partial charge on any atom is -0.333 e. The molecule has 0 N–H and O–H groups in total. The Balaban J connectivity index is 2.28. The number of hydrogen-bond donors (Lipinski definition) is 0. The van der Waals surface area contributed by atoms with Gasteiger partial charge in [-0.2, -0.15) is 0 Å². The van der Waals surface area contributed by atoms with Crippen molar-refractivity contribution in [3.63, 3.8) is 0 Å². The van der Waals surface area contributed by atoms with E-state index in [2.05, 4.69) is 4.98 Å². The smallest absolute Gasteiger partial charge is 0.194 e. The number of aryl methyl sites for hydroxylation is 1. The molecule has 0 spiro atoms. The van der Waals surface area contributed by atoms with Crippen molar-refractivity contribution in [1.82, 2.24) is 9.55 Å². The third kappa shape index (κ3) is 2.08. The second-order valence-electron chi connectivity index (χ2n) is 3.56. The van der Waals surface area contributed by atoms with E-state index in [1.165, 1.54) is 0 Å². The Morgan fingerprint density at radius 2 is 1.81 bits per heavy atom. The molecule has 0 atom stereocenters. The molecule has 0 amide bonds. The standard InChI is InChI=1S/C11H9F3N2/c1-7-4-16(6-15-7)5-8-2-9(12)11(14)10(13)3-8/h2-4,6H,5H2,1H3. The van der Waals surface area contributed by atoms with Crippen molar-refractivity contribution >= 4 is 0 Å². The molecule has 16 heavy (non-hydrogen) atoms. The summed E-state index contributed by atoms with van der Waals surface area (Å²) in [5.74, 6) is -3.79. The van der Waals surface area contributed by atoms with Crippen LogP contribution in [0.5, 0.6) is 0 Å². The van der Waals surface area contributed by atoms with Crippen LogP contribution in [0.1, 0.15) is 11.3 Å². The van der Waals surface area contributed by atoms with Gasteiger partial charge < -0.3 is 4.57 Å². The van der Waals surface area contributed by atoms with E-state index in [0.29, 0.717) is 5.56 Å². The summed E-state index contributed by atoms with van der Waals surface area (Å²) in [7, 11) is 0. The largest absolute Gasteiger partial charge is 0.333 e. The van der Waals surface area contributed by atoms with E-state index in [1.54, 1.807) is 17.1 Å². The number of rotatable bonds is 2. The zero-order valence-corrected chi connectivity index (χ0v) is 8.54. The number of imidazole rings is 1. The van der Waals surface area contributed by atoms with E-state index >= 15 is 0 Å². The molecule has 2 aromatic rings. The first-order valence-corrected chi connectivity index (χ1v) is 4.68. The molecule has 0 aliphatic carbocycles. The van der Waals surface area contributed by atoms with Crippen molar-refractivity contribution in [1.29, 1.82) is 0 Å². The van der Waals surface area contributed by atoms with E-state index in [1.807, 2.05) is 6.92 Å². The van der Waals surface area contributed by atoms with Crippen molar-refractivity contribution in [2.45, 2.75) is 13.5 Å². The quantitative estimate of drug-likeness (QED) is 0.720. The van der Waals surface area contributed by atoms with Gasteiger partial charge in [-0.3, -0.25) is 0 Å². The van der Waals surface area contributed by atoms with Crippen LogP contribution in [-0.4, -0.2) is 9.55 Å². The van der Waals surface area contributed by atoms with Crippen LogP contribution in [0.4, 0.5) is 13.2 Å². The Kier molecular flexibility index (Phi) is 2.68. The van der Waals surface area contributed by atoms with Gasteiger partial charge in [-0.05, 0) is 24.6 Å². The molecule has 0 saturated heterocycles. The van der Waals surface area contributed by atoms with E-state index in [0.717, 1.165) is 17.8 Å². The summed E-state index contributed by atoms with van der Waals surface area (Å²) in [5, 5.41) is 0. The maximum absolute atomic E-state index is 12.9. The maximum atomic E-state index is 12.9. The van der Waals surface area contributed by atoms with Gasteiger partial charge in [-0.25, -0.2) is 18.2 Å². The van der Waals surface area contributed by atoms with Gasteiger partial charge in [-0.15, -0.1) is 0 Å². The number of nitrogens with zero attached hydrogens (tertiary/aromatic N) is 2. The fourth-order valence-corrected chi connectivity index (χ4v) is 1.47. The van der Waals surface area contributed by atoms with Crippen molar-refractivity contribution < 1.29 is 13.2 Å². The highest BCUT2D eigenvalue weighted by Crippen LogP contribution is 2.14. The highest BCUT2D eigenvalue weighted by Gasteiger charge is 2.10. The molecule has 0 bridgehead atoms. The zero-order chi connectivity index (χ0) is 11.7. The van der Waals surface area contributed by atoms with Crippen LogP contribution in [0.25, 0.3) is 0 Å². The average molecular weight is 226 g/mol. The maximum Gasteiger partial charge on any atom is 0.194 e. The number of halogens is 3. The van der Waals surface area contributed by atoms with Gasteiger partial charge in [0.05, 0.1) is 12.0 Å². The van der Waals surface area contributed by atoms with Crippen LogP contribution >= 0.6 is 0 Å². The van der Waals surface area contributed by atoms with Crippen LogP contribution in [0.2, 0.25) is 0 Å². The van der Waals surface area contributed by atoms with E-state index in [-0.39, 0.29) is 6.54 Å². The third-order valence-electron chi connectivity index (χ3n) is 2.17. The van der Waals surface area contributed by atoms with Crippen LogP contribution in [0.15, 0.2) is 24.7 Å². The Morgan fingerprint density at radius 3 is 2.31 bits per heavy atom. The fraction of sp³-hybridized carbons (Fsp3) is 0.182. The predicted molar refractivity (Wildman–Crippen MR) is 52.4 cm³/mol. The molecule has 0 unspecified atom stereocenters. The highest BCUT2D eigenvalue weighted by molar-refractivity contribution is 5.20. The summed E-state index contributed by atoms with van der Waals surface area (Å²) >= 11 is 0. The average Bonchev–Trinajstić information content (AvgIpc) is 2.60. The predicted octanol–water partition coefficient (Wildman–Crippen LogP) is 2.66. The van der Waals surface area contributed by atoms with E-state index in [4.69, 9.17) is 0 Å². The Labute approximate surface area is 90.4 Å². The van der Waals surface area contributed by atoms with Crippen molar-refractivity contribution in [2.24, 2.45) is 0 Å². The molecule has 2 rings (SSSR count). The van der Waals surface area contributed by atoms with Gasteiger partial charge in [0.1, 0.15) is 0 Å². The number of hydrogen-bond acceptors (Lipinski definition) is 1. The second kappa shape index (κ2) is 4.00. The molecule has 0 saturated carbocycles. The number of benzene rings is 1. The van der Waals surface area contributed by atoms with E-state index < -0.39 is 17.5 Å². The SMILES string of the molecule is Cc1cn(Cc2cc(F)c(F)c(F)c2)cn1. The molecule has 1 heterocycles. The first-order valence-electron chi connectivity index (χ1n) is 4.68. The summed E-state index contributed by atoms with van der Waals surface area (Å²) in [6, 6.07) is 1.96. The Hall–Kier alpha value is -1.78. The summed E-state index contributed by atoms with van der Waals surface area (Å²) < 4.78 is 40.2. The molecule has 1 aromatic carbocycles. The third-order valence-corrected chi connectivity index (χ3v) is 2.17. The van der Waals surface area contributed by atoms with Gasteiger partial charge in [0, 0.05) is 12.7 Å². The van der Waals surface area contributed by atoms with Crippen LogP contribution in [0, 0.1) is 24.4 Å². The molecule has 84 valence electrons. The van der Waals surface area contributed by atoms with Crippen molar-refractivity contribution in [2.75, 3.05) is 0 Å². The zero-order valence-electron chi connectivity index (χ0n) is 8.54. The lowest BCUT2D eigenvalue weighted by atomic mass is 10.2. The molecule has 0 radical (unpaired) electrons. The fourth-order valence-electron chi connectivity index (χ4n) is 1.47. The molecule has 0 aliphatic heterocycles. The molecular formula is C11H9F3N2. The van der Waals surface area contributed by atoms with E-state index in [9.17, 15) is 13.2 Å². The minimum atomic E-state index is -1.44. The van der Waals surface area contributed by atoms with Gasteiger partial charge in [0.2, 0.25) is 0 Å². The highest BCUT2D eigenvalue weighted by atomic mass is 19.2. The molecule has 1 aromatic heterocycles. The minimum absolute atomic E-state index is 0.259. The summed E-state index contributed by atoms with van der Waals surface area (Å²) in [6.07, 6.45) is 3.29. The topological polar surface area (TPSA) is 17.8 Å². The first kappa shape index (κ1) is 10.7. The van der Waals surface area contributed by atoms with Gasteiger partial charge in [-0.1, -0.05) is 0 Å². The van der Waals surface area contributed by atoms with Crippen LogP contribution in [-0.2, 0) is 6.54 Å². The monoisotopic (exact) mass is 226 g/mol. The van der Waals surface area contributed by atoms with Crippen molar-refractivity contribution in [3.8, 4) is 0 Å². The molecule has 0 aliphatic rings. The lowest BCUT2D eigenvalue weighted by molar-refractivity contribution is 0.444. The van der Waals surface area contributed by atoms with Gasteiger partial charge in [0.15, 0.2) is 17.5 Å². The Bertz CT molecular complexity index is 497. The van der Waals surface area contributed by atoms with Crippen molar-refractivity contribution in [3.05, 3.63) is 53.4 Å². The van der Waals surface area contributed by atoms with Gasteiger partial charge >= 0.3 is 0 Å². The van der Waals surface area contributed by atoms with Crippen LogP contribution < -0.4 is 0 Å². The molecular weight excluding hydrogens is 217 g/mol.